The number of benzene rings is 1. The SMILES string of the molecule is CO[C@@H]1C[C@@H](c2nc(C)c(C)[nH]2)N(C(=O)Cc2ccc3c(c2)OCO3)C1. The normalized spacial score (nSPS) is 21.4. The number of hydrogen-bond acceptors (Lipinski definition) is 5. The second kappa shape index (κ2) is 6.64. The summed E-state index contributed by atoms with van der Waals surface area (Å²) in [7, 11) is 1.69. The van der Waals surface area contributed by atoms with Gasteiger partial charge in [-0.3, -0.25) is 4.79 Å². The second-order valence-corrected chi connectivity index (χ2v) is 6.85. The van der Waals surface area contributed by atoms with Gasteiger partial charge in [0.15, 0.2) is 11.5 Å². The van der Waals surface area contributed by atoms with Gasteiger partial charge < -0.3 is 24.1 Å². The van der Waals surface area contributed by atoms with Gasteiger partial charge in [-0.25, -0.2) is 4.98 Å². The van der Waals surface area contributed by atoms with Gasteiger partial charge in [0.1, 0.15) is 5.82 Å². The summed E-state index contributed by atoms with van der Waals surface area (Å²) in [5.74, 6) is 2.31. The quantitative estimate of drug-likeness (QED) is 0.908. The minimum absolute atomic E-state index is 0.0198. The number of aryl methyl sites for hydroxylation is 2. The summed E-state index contributed by atoms with van der Waals surface area (Å²) in [6.45, 7) is 4.77. The van der Waals surface area contributed by atoms with Gasteiger partial charge in [0.25, 0.3) is 0 Å². The molecule has 26 heavy (non-hydrogen) atoms. The Morgan fingerprint density at radius 3 is 2.88 bits per heavy atom. The first-order chi connectivity index (χ1) is 12.5. The Kier molecular flexibility index (Phi) is 4.32. The minimum atomic E-state index is -0.0890. The lowest BCUT2D eigenvalue weighted by Gasteiger charge is -2.23. The van der Waals surface area contributed by atoms with Crippen LogP contribution in [0.5, 0.6) is 11.5 Å². The highest BCUT2D eigenvalue weighted by Crippen LogP contribution is 2.35. The average molecular weight is 357 g/mol. The molecule has 2 atom stereocenters. The monoisotopic (exact) mass is 357 g/mol. The highest BCUT2D eigenvalue weighted by Gasteiger charge is 2.38. The van der Waals surface area contributed by atoms with Gasteiger partial charge in [0.05, 0.1) is 24.3 Å². The summed E-state index contributed by atoms with van der Waals surface area (Å²) in [5, 5.41) is 0. The Labute approximate surface area is 152 Å². The molecule has 2 aliphatic heterocycles. The van der Waals surface area contributed by atoms with Gasteiger partial charge in [-0.1, -0.05) is 6.07 Å². The van der Waals surface area contributed by atoms with Crippen LogP contribution in [-0.4, -0.2) is 47.3 Å². The zero-order chi connectivity index (χ0) is 18.3. The van der Waals surface area contributed by atoms with Crippen LogP contribution in [0.2, 0.25) is 0 Å². The van der Waals surface area contributed by atoms with Crippen molar-refractivity contribution in [3.8, 4) is 11.5 Å². The van der Waals surface area contributed by atoms with E-state index < -0.39 is 0 Å². The maximum atomic E-state index is 13.0. The van der Waals surface area contributed by atoms with Crippen molar-refractivity contribution in [3.63, 3.8) is 0 Å². The summed E-state index contributed by atoms with van der Waals surface area (Å²) in [4.78, 5) is 22.8. The third kappa shape index (κ3) is 3.03. The fourth-order valence-corrected chi connectivity index (χ4v) is 3.56. The largest absolute Gasteiger partial charge is 0.454 e. The van der Waals surface area contributed by atoms with Gasteiger partial charge in [0, 0.05) is 25.8 Å². The fraction of sp³-hybridized carbons (Fsp3) is 0.474. The predicted octanol–water partition coefficient (Wildman–Crippen LogP) is 2.29. The first-order valence-electron chi connectivity index (χ1n) is 8.79. The van der Waals surface area contributed by atoms with E-state index in [4.69, 9.17) is 14.2 Å². The number of carbonyl (C=O) groups is 1. The van der Waals surface area contributed by atoms with Crippen LogP contribution in [-0.2, 0) is 16.0 Å². The highest BCUT2D eigenvalue weighted by atomic mass is 16.7. The molecule has 1 saturated heterocycles. The Morgan fingerprint density at radius 1 is 1.35 bits per heavy atom. The summed E-state index contributed by atoms with van der Waals surface area (Å²) in [6, 6.07) is 5.55. The Morgan fingerprint density at radius 2 is 2.15 bits per heavy atom. The van der Waals surface area contributed by atoms with E-state index in [-0.39, 0.29) is 24.8 Å². The van der Waals surface area contributed by atoms with Crippen molar-refractivity contribution in [1.82, 2.24) is 14.9 Å². The van der Waals surface area contributed by atoms with E-state index >= 15 is 0 Å². The Hall–Kier alpha value is -2.54. The molecule has 3 heterocycles. The molecule has 2 aromatic rings. The molecule has 0 spiro atoms. The fourth-order valence-electron chi connectivity index (χ4n) is 3.56. The number of hydrogen-bond donors (Lipinski definition) is 1. The van der Waals surface area contributed by atoms with E-state index in [9.17, 15) is 4.79 Å². The number of methoxy groups -OCH3 is 1. The summed E-state index contributed by atoms with van der Waals surface area (Å²) in [5.41, 5.74) is 2.90. The molecule has 1 aromatic heterocycles. The predicted molar refractivity (Wildman–Crippen MR) is 94.2 cm³/mol. The molecular formula is C19H23N3O4. The van der Waals surface area contributed by atoms with E-state index in [1.165, 1.54) is 0 Å². The summed E-state index contributed by atoms with van der Waals surface area (Å²) < 4.78 is 16.3. The molecule has 2 aliphatic rings. The number of ether oxygens (including phenoxy) is 3. The van der Waals surface area contributed by atoms with Crippen molar-refractivity contribution in [2.45, 2.75) is 38.8 Å². The number of likely N-dealkylation sites (tertiary alicyclic amines) is 1. The molecule has 0 bridgehead atoms. The molecule has 1 N–H and O–H groups in total. The molecule has 0 radical (unpaired) electrons. The Bertz CT molecular complexity index is 813. The van der Waals surface area contributed by atoms with Crippen LogP contribution in [0.3, 0.4) is 0 Å². The lowest BCUT2D eigenvalue weighted by atomic mass is 10.1. The topological polar surface area (TPSA) is 76.7 Å². The van der Waals surface area contributed by atoms with Gasteiger partial charge in [-0.2, -0.15) is 0 Å². The van der Waals surface area contributed by atoms with E-state index in [2.05, 4.69) is 9.97 Å². The van der Waals surface area contributed by atoms with Crippen molar-refractivity contribution >= 4 is 5.91 Å². The van der Waals surface area contributed by atoms with Crippen LogP contribution < -0.4 is 9.47 Å². The smallest absolute Gasteiger partial charge is 0.231 e. The molecule has 1 amide bonds. The lowest BCUT2D eigenvalue weighted by Crippen LogP contribution is -2.33. The molecule has 1 fully saturated rings. The number of rotatable bonds is 4. The number of fused-ring (bicyclic) bond motifs is 1. The third-order valence-electron chi connectivity index (χ3n) is 5.17. The van der Waals surface area contributed by atoms with Crippen LogP contribution in [0.1, 0.15) is 35.2 Å². The molecule has 0 unspecified atom stereocenters. The van der Waals surface area contributed by atoms with E-state index in [0.29, 0.717) is 18.7 Å². The van der Waals surface area contributed by atoms with Gasteiger partial charge in [0.2, 0.25) is 12.7 Å². The number of carbonyl (C=O) groups excluding carboxylic acids is 1. The van der Waals surface area contributed by atoms with Gasteiger partial charge in [-0.05, 0) is 31.5 Å². The van der Waals surface area contributed by atoms with Crippen molar-refractivity contribution in [2.75, 3.05) is 20.4 Å². The zero-order valence-electron chi connectivity index (χ0n) is 15.2. The second-order valence-electron chi connectivity index (χ2n) is 6.85. The number of amides is 1. The molecule has 7 heteroatoms. The number of nitrogens with zero attached hydrogens (tertiary/aromatic N) is 2. The van der Waals surface area contributed by atoms with Crippen molar-refractivity contribution < 1.29 is 19.0 Å². The van der Waals surface area contributed by atoms with Crippen LogP contribution >= 0.6 is 0 Å². The molecule has 1 aromatic carbocycles. The van der Waals surface area contributed by atoms with Crippen molar-refractivity contribution in [2.24, 2.45) is 0 Å². The van der Waals surface area contributed by atoms with E-state index in [1.807, 2.05) is 36.9 Å². The first-order valence-corrected chi connectivity index (χ1v) is 8.79. The van der Waals surface area contributed by atoms with Crippen LogP contribution in [0.15, 0.2) is 18.2 Å². The van der Waals surface area contributed by atoms with Gasteiger partial charge in [-0.15, -0.1) is 0 Å². The number of aromatic amines is 1. The standard InChI is InChI=1S/C19H23N3O4/c1-11-12(2)21-19(20-11)15-8-14(24-3)9-22(15)18(23)7-13-4-5-16-17(6-13)26-10-25-16/h4-6,14-15H,7-10H2,1-3H3,(H,20,21)/t14-,15+/m1/s1. The van der Waals surface area contributed by atoms with E-state index in [1.54, 1.807) is 7.11 Å². The number of H-pyrrole nitrogens is 1. The molecule has 7 nitrogen and oxygen atoms in total. The van der Waals surface area contributed by atoms with Gasteiger partial charge >= 0.3 is 0 Å². The van der Waals surface area contributed by atoms with E-state index in [0.717, 1.165) is 34.9 Å². The molecule has 0 saturated carbocycles. The maximum Gasteiger partial charge on any atom is 0.231 e. The molecule has 0 aliphatic carbocycles. The minimum Gasteiger partial charge on any atom is -0.454 e. The number of nitrogens with one attached hydrogen (secondary N) is 1. The summed E-state index contributed by atoms with van der Waals surface area (Å²) >= 11 is 0. The molecule has 4 rings (SSSR count). The first kappa shape index (κ1) is 16.9. The average Bonchev–Trinajstić information content (AvgIpc) is 3.33. The van der Waals surface area contributed by atoms with Crippen LogP contribution in [0, 0.1) is 13.8 Å². The highest BCUT2D eigenvalue weighted by molar-refractivity contribution is 5.80. The maximum absolute atomic E-state index is 13.0. The van der Waals surface area contributed by atoms with Crippen molar-refractivity contribution in [1.29, 1.82) is 0 Å². The molecular weight excluding hydrogens is 334 g/mol. The Balaban J connectivity index is 1.54. The lowest BCUT2D eigenvalue weighted by molar-refractivity contribution is -0.131. The summed E-state index contributed by atoms with van der Waals surface area (Å²) in [6.07, 6.45) is 1.07. The van der Waals surface area contributed by atoms with Crippen LogP contribution in [0.4, 0.5) is 0 Å². The zero-order valence-corrected chi connectivity index (χ0v) is 15.2. The number of aromatic nitrogens is 2. The van der Waals surface area contributed by atoms with Crippen LogP contribution in [0.25, 0.3) is 0 Å². The third-order valence-corrected chi connectivity index (χ3v) is 5.17. The number of imidazole rings is 1. The molecule has 138 valence electrons. The van der Waals surface area contributed by atoms with Crippen molar-refractivity contribution in [3.05, 3.63) is 41.0 Å².